The molecule has 0 rings (SSSR count). The lowest BCUT2D eigenvalue weighted by atomic mass is 9.94. The quantitative estimate of drug-likeness (QED) is 0.537. The summed E-state index contributed by atoms with van der Waals surface area (Å²) in [5.41, 5.74) is 5.02. The molecule has 0 aromatic carbocycles. The van der Waals surface area contributed by atoms with Gasteiger partial charge in [-0.15, -0.1) is 0 Å². The van der Waals surface area contributed by atoms with E-state index in [1.54, 1.807) is 6.92 Å². The Kier molecular flexibility index (Phi) is 7.40. The average Bonchev–Trinajstić information content (AvgIpc) is 2.24. The molecule has 0 fully saturated rings. The molecule has 7 nitrogen and oxygen atoms in total. The maximum Gasteiger partial charge on any atom is 0.303 e. The zero-order valence-corrected chi connectivity index (χ0v) is 11.1. The molecule has 108 valence electrons. The normalized spacial score (nSPS) is 13.4. The first kappa shape index (κ1) is 17.1. The summed E-state index contributed by atoms with van der Waals surface area (Å²) in [5.74, 6) is -2.46. The van der Waals surface area contributed by atoms with Gasteiger partial charge in [0, 0.05) is 19.8 Å². The molecule has 0 spiro atoms. The van der Waals surface area contributed by atoms with E-state index in [1.165, 1.54) is 6.92 Å². The predicted molar refractivity (Wildman–Crippen MR) is 67.1 cm³/mol. The monoisotopic (exact) mass is 272 g/mol. The minimum Gasteiger partial charge on any atom is -0.481 e. The van der Waals surface area contributed by atoms with Gasteiger partial charge in [-0.2, -0.15) is 0 Å². The third-order valence-corrected chi connectivity index (χ3v) is 2.57. The van der Waals surface area contributed by atoms with Gasteiger partial charge < -0.3 is 16.2 Å². The van der Waals surface area contributed by atoms with Crippen LogP contribution in [0.3, 0.4) is 0 Å². The topological polar surface area (TPSA) is 127 Å². The highest BCUT2D eigenvalue weighted by atomic mass is 16.4. The number of carboxylic acids is 1. The molecule has 4 N–H and O–H groups in total. The molecule has 0 aliphatic rings. The Labute approximate surface area is 111 Å². The number of Topliss-reactive ketones (excluding diaryl/α,β-unsaturated/α-hetero) is 1. The summed E-state index contributed by atoms with van der Waals surface area (Å²) in [6.07, 6.45) is 0.203. The Morgan fingerprint density at radius 1 is 1.21 bits per heavy atom. The van der Waals surface area contributed by atoms with Crippen LogP contribution >= 0.6 is 0 Å². The van der Waals surface area contributed by atoms with Gasteiger partial charge in [0.15, 0.2) is 5.78 Å². The van der Waals surface area contributed by atoms with Crippen LogP contribution in [0.15, 0.2) is 0 Å². The van der Waals surface area contributed by atoms with Gasteiger partial charge in [0.05, 0.1) is 12.5 Å². The van der Waals surface area contributed by atoms with Gasteiger partial charge >= 0.3 is 5.97 Å². The Morgan fingerprint density at radius 2 is 1.79 bits per heavy atom. The highest BCUT2D eigenvalue weighted by Crippen LogP contribution is 2.13. The van der Waals surface area contributed by atoms with Crippen molar-refractivity contribution in [2.75, 3.05) is 0 Å². The summed E-state index contributed by atoms with van der Waals surface area (Å²) in [6, 6.07) is -0.928. The number of carboxylic acid groups (broad SMARTS) is 1. The van der Waals surface area contributed by atoms with Gasteiger partial charge in [-0.1, -0.05) is 6.92 Å². The molecular formula is C12H20N2O5. The van der Waals surface area contributed by atoms with Crippen LogP contribution in [0, 0.1) is 5.92 Å². The molecule has 0 radical (unpaired) electrons. The molecule has 0 aromatic heterocycles. The van der Waals surface area contributed by atoms with Crippen molar-refractivity contribution in [3.05, 3.63) is 0 Å². The largest absolute Gasteiger partial charge is 0.481 e. The fraction of sp³-hybridized carbons (Fsp3) is 0.667. The summed E-state index contributed by atoms with van der Waals surface area (Å²) < 4.78 is 0. The number of nitrogens with two attached hydrogens (primary N) is 1. The van der Waals surface area contributed by atoms with Gasteiger partial charge in [0.1, 0.15) is 0 Å². The van der Waals surface area contributed by atoms with E-state index in [-0.39, 0.29) is 31.0 Å². The predicted octanol–water partition coefficient (Wildman–Crippen LogP) is -0.173. The van der Waals surface area contributed by atoms with E-state index in [0.29, 0.717) is 6.42 Å². The second-order valence-corrected chi connectivity index (χ2v) is 4.63. The Morgan fingerprint density at radius 3 is 2.21 bits per heavy atom. The molecule has 0 aliphatic heterocycles. The number of carbonyl (C=O) groups excluding carboxylic acids is 3. The fourth-order valence-electron chi connectivity index (χ4n) is 1.65. The molecular weight excluding hydrogens is 252 g/mol. The van der Waals surface area contributed by atoms with Crippen LogP contribution in [0.4, 0.5) is 0 Å². The number of carbonyl (C=O) groups is 4. The summed E-state index contributed by atoms with van der Waals surface area (Å²) in [7, 11) is 0. The molecule has 0 bridgehead atoms. The summed E-state index contributed by atoms with van der Waals surface area (Å²) in [5, 5.41) is 10.9. The first-order valence-electron chi connectivity index (χ1n) is 6.02. The molecule has 0 saturated carbocycles. The number of hydrogen-bond acceptors (Lipinski definition) is 4. The standard InChI is InChI=1S/C12H20N2O5/c1-7(3-4-12(18)19)5-10(16)9(6-11(13)17)14-8(2)15/h7,9H,3-6H2,1-2H3,(H2,13,17)(H,14,15)(H,18,19)/t7?,9-/m1/s1. The van der Waals surface area contributed by atoms with E-state index in [1.807, 2.05) is 0 Å². The Balaban J connectivity index is 4.41. The smallest absolute Gasteiger partial charge is 0.303 e. The number of ketones is 1. The number of amides is 2. The van der Waals surface area contributed by atoms with Gasteiger partial charge in [0.2, 0.25) is 11.8 Å². The second-order valence-electron chi connectivity index (χ2n) is 4.63. The van der Waals surface area contributed by atoms with Crippen molar-refractivity contribution in [1.82, 2.24) is 5.32 Å². The molecule has 0 aliphatic carbocycles. The summed E-state index contributed by atoms with van der Waals surface area (Å²) >= 11 is 0. The molecule has 0 heterocycles. The third-order valence-electron chi connectivity index (χ3n) is 2.57. The SMILES string of the molecule is CC(=O)N[C@H](CC(N)=O)C(=O)CC(C)CCC(=O)O. The molecule has 0 aromatic rings. The maximum atomic E-state index is 11.9. The van der Waals surface area contributed by atoms with E-state index in [4.69, 9.17) is 10.8 Å². The molecule has 2 atom stereocenters. The number of hydrogen-bond donors (Lipinski definition) is 3. The minimum atomic E-state index is -0.928. The van der Waals surface area contributed by atoms with Gasteiger partial charge in [-0.05, 0) is 12.3 Å². The van der Waals surface area contributed by atoms with E-state index < -0.39 is 23.8 Å². The zero-order valence-electron chi connectivity index (χ0n) is 11.1. The van der Waals surface area contributed by atoms with E-state index in [2.05, 4.69) is 5.32 Å². The average molecular weight is 272 g/mol. The lowest BCUT2D eigenvalue weighted by molar-refractivity contribution is -0.137. The number of nitrogens with one attached hydrogen (secondary N) is 1. The van der Waals surface area contributed by atoms with E-state index >= 15 is 0 Å². The van der Waals surface area contributed by atoms with Crippen molar-refractivity contribution in [3.8, 4) is 0 Å². The minimum absolute atomic E-state index is 0.0188. The molecule has 19 heavy (non-hydrogen) atoms. The van der Waals surface area contributed by atoms with E-state index in [9.17, 15) is 19.2 Å². The van der Waals surface area contributed by atoms with Crippen LogP contribution in [0.5, 0.6) is 0 Å². The lowest BCUT2D eigenvalue weighted by Crippen LogP contribution is -2.42. The van der Waals surface area contributed by atoms with Crippen LogP contribution in [0.1, 0.15) is 39.5 Å². The van der Waals surface area contributed by atoms with Gasteiger partial charge in [-0.25, -0.2) is 0 Å². The Hall–Kier alpha value is -1.92. The number of rotatable bonds is 9. The van der Waals surface area contributed by atoms with Crippen LogP contribution in [-0.2, 0) is 19.2 Å². The highest BCUT2D eigenvalue weighted by molar-refractivity contribution is 5.92. The van der Waals surface area contributed by atoms with Gasteiger partial charge in [0.25, 0.3) is 0 Å². The zero-order chi connectivity index (χ0) is 15.0. The first-order valence-corrected chi connectivity index (χ1v) is 6.02. The van der Waals surface area contributed by atoms with Crippen LogP contribution in [-0.4, -0.2) is 34.7 Å². The van der Waals surface area contributed by atoms with Crippen molar-refractivity contribution in [1.29, 1.82) is 0 Å². The summed E-state index contributed by atoms with van der Waals surface area (Å²) in [6.45, 7) is 2.99. The summed E-state index contributed by atoms with van der Waals surface area (Å²) in [4.78, 5) is 44.1. The van der Waals surface area contributed by atoms with Gasteiger partial charge in [-0.3, -0.25) is 19.2 Å². The van der Waals surface area contributed by atoms with Crippen molar-refractivity contribution >= 4 is 23.6 Å². The fourth-order valence-corrected chi connectivity index (χ4v) is 1.65. The van der Waals surface area contributed by atoms with Crippen molar-refractivity contribution in [2.24, 2.45) is 11.7 Å². The molecule has 0 saturated heterocycles. The maximum absolute atomic E-state index is 11.9. The van der Waals surface area contributed by atoms with Crippen LogP contribution in [0.2, 0.25) is 0 Å². The number of aliphatic carboxylic acids is 1. The molecule has 1 unspecified atom stereocenters. The van der Waals surface area contributed by atoms with Crippen molar-refractivity contribution in [3.63, 3.8) is 0 Å². The second kappa shape index (κ2) is 8.23. The van der Waals surface area contributed by atoms with Crippen LogP contribution < -0.4 is 11.1 Å². The first-order chi connectivity index (χ1) is 8.72. The van der Waals surface area contributed by atoms with E-state index in [0.717, 1.165) is 0 Å². The third kappa shape index (κ3) is 8.76. The lowest BCUT2D eigenvalue weighted by Gasteiger charge is -2.17. The Bertz CT molecular complexity index is 351. The van der Waals surface area contributed by atoms with Crippen molar-refractivity contribution < 1.29 is 24.3 Å². The van der Waals surface area contributed by atoms with Crippen molar-refractivity contribution in [2.45, 2.75) is 45.6 Å². The van der Waals surface area contributed by atoms with Crippen LogP contribution in [0.25, 0.3) is 0 Å². The molecule has 2 amide bonds. The number of primary amides is 1. The molecule has 7 heteroatoms. The highest BCUT2D eigenvalue weighted by Gasteiger charge is 2.23.